The van der Waals surface area contributed by atoms with Crippen LogP contribution in [-0.2, 0) is 9.53 Å². The van der Waals surface area contributed by atoms with E-state index in [9.17, 15) is 9.59 Å². The molecule has 0 aliphatic heterocycles. The fourth-order valence-electron chi connectivity index (χ4n) is 1.91. The van der Waals surface area contributed by atoms with E-state index >= 15 is 0 Å². The van der Waals surface area contributed by atoms with Gasteiger partial charge in [-0.3, -0.25) is 20.4 Å². The summed E-state index contributed by atoms with van der Waals surface area (Å²) in [5.41, 5.74) is 5.49. The van der Waals surface area contributed by atoms with Gasteiger partial charge in [0.2, 0.25) is 0 Å². The molecule has 9 heteroatoms. The Bertz CT molecular complexity index is 624. The Morgan fingerprint density at radius 3 is 2.58 bits per heavy atom. The van der Waals surface area contributed by atoms with E-state index in [4.69, 9.17) is 21.7 Å². The van der Waals surface area contributed by atoms with Gasteiger partial charge in [0.05, 0.1) is 20.8 Å². The van der Waals surface area contributed by atoms with Gasteiger partial charge >= 0.3 is 5.97 Å². The number of nitrogens with one attached hydrogen (secondary N) is 3. The third-order valence-corrected chi connectivity index (χ3v) is 3.49. The van der Waals surface area contributed by atoms with Crippen LogP contribution in [0, 0.1) is 0 Å². The highest BCUT2D eigenvalue weighted by Crippen LogP contribution is 2.28. The Hall–Kier alpha value is -2.55. The second kappa shape index (κ2) is 11.9. The molecule has 0 atom stereocenters. The number of amides is 1. The van der Waals surface area contributed by atoms with Crippen molar-refractivity contribution in [2.75, 3.05) is 27.4 Å². The topological polar surface area (TPSA) is 97.9 Å². The van der Waals surface area contributed by atoms with Crippen molar-refractivity contribution in [2.24, 2.45) is 0 Å². The lowest BCUT2D eigenvalue weighted by Crippen LogP contribution is -2.47. The van der Waals surface area contributed by atoms with E-state index in [-0.39, 0.29) is 17.0 Å². The van der Waals surface area contributed by atoms with Crippen molar-refractivity contribution >= 4 is 29.2 Å². The molecule has 0 spiro atoms. The lowest BCUT2D eigenvalue weighted by Gasteiger charge is -2.13. The molecule has 0 aliphatic rings. The molecule has 1 rings (SSSR count). The summed E-state index contributed by atoms with van der Waals surface area (Å²) in [5, 5.41) is 3.13. The molecule has 0 heterocycles. The molecule has 3 N–H and O–H groups in total. The normalized spacial score (nSPS) is 9.81. The quantitative estimate of drug-likeness (QED) is 0.256. The van der Waals surface area contributed by atoms with Crippen molar-refractivity contribution in [3.63, 3.8) is 0 Å². The maximum atomic E-state index is 12.2. The van der Waals surface area contributed by atoms with Gasteiger partial charge in [-0.25, -0.2) is 0 Å². The number of hydrogen-bond acceptors (Lipinski definition) is 6. The van der Waals surface area contributed by atoms with E-state index in [2.05, 4.69) is 20.9 Å². The number of methoxy groups -OCH3 is 2. The summed E-state index contributed by atoms with van der Waals surface area (Å²) in [6, 6.07) is 4.92. The molecule has 0 saturated heterocycles. The van der Waals surface area contributed by atoms with Crippen LogP contribution < -0.4 is 25.6 Å². The first kappa shape index (κ1) is 21.5. The van der Waals surface area contributed by atoms with Crippen LogP contribution in [-0.4, -0.2) is 44.4 Å². The van der Waals surface area contributed by atoms with Crippen molar-refractivity contribution in [1.82, 2.24) is 16.2 Å². The molecule has 1 aromatic rings. The summed E-state index contributed by atoms with van der Waals surface area (Å²) in [7, 11) is 2.86. The number of hydrazine groups is 1. The fourth-order valence-corrected chi connectivity index (χ4v) is 2.06. The summed E-state index contributed by atoms with van der Waals surface area (Å²) >= 11 is 5.05. The number of rotatable bonds is 9. The van der Waals surface area contributed by atoms with Crippen molar-refractivity contribution < 1.29 is 23.8 Å². The minimum atomic E-state index is -0.371. The molecular formula is C17H25N3O5S. The van der Waals surface area contributed by atoms with Gasteiger partial charge < -0.3 is 19.5 Å². The number of benzene rings is 1. The Morgan fingerprint density at radius 1 is 1.15 bits per heavy atom. The highest BCUT2D eigenvalue weighted by molar-refractivity contribution is 7.80. The van der Waals surface area contributed by atoms with Gasteiger partial charge in [0.25, 0.3) is 5.91 Å². The van der Waals surface area contributed by atoms with Gasteiger partial charge in [0.15, 0.2) is 16.6 Å². The molecule has 1 aromatic carbocycles. The SMILES string of the molecule is CCCOc1ccc(C(=O)NNC(=S)NCCCC(=O)OC)cc1OC. The highest BCUT2D eigenvalue weighted by Gasteiger charge is 2.11. The molecule has 0 aromatic heterocycles. The Morgan fingerprint density at radius 2 is 1.92 bits per heavy atom. The molecule has 144 valence electrons. The first-order chi connectivity index (χ1) is 12.5. The molecule has 26 heavy (non-hydrogen) atoms. The first-order valence-corrected chi connectivity index (χ1v) is 8.64. The van der Waals surface area contributed by atoms with E-state index in [1.165, 1.54) is 14.2 Å². The van der Waals surface area contributed by atoms with Gasteiger partial charge in [-0.05, 0) is 43.3 Å². The largest absolute Gasteiger partial charge is 0.493 e. The summed E-state index contributed by atoms with van der Waals surface area (Å²) in [6.07, 6.45) is 1.74. The van der Waals surface area contributed by atoms with Crippen LogP contribution in [0.2, 0.25) is 0 Å². The van der Waals surface area contributed by atoms with Crippen LogP contribution in [0.4, 0.5) is 0 Å². The maximum Gasteiger partial charge on any atom is 0.305 e. The minimum absolute atomic E-state index is 0.248. The van der Waals surface area contributed by atoms with Crippen molar-refractivity contribution in [2.45, 2.75) is 26.2 Å². The third-order valence-electron chi connectivity index (χ3n) is 3.25. The minimum Gasteiger partial charge on any atom is -0.493 e. The predicted molar refractivity (Wildman–Crippen MR) is 101 cm³/mol. The molecule has 0 bridgehead atoms. The molecule has 0 saturated carbocycles. The standard InChI is InChI=1S/C17H25N3O5S/c1-4-10-25-13-8-7-12(11-14(13)23-2)16(22)19-20-17(26)18-9-5-6-15(21)24-3/h7-8,11H,4-6,9-10H2,1-3H3,(H,19,22)(H2,18,20,26). The lowest BCUT2D eigenvalue weighted by atomic mass is 10.2. The Kier molecular flexibility index (Phi) is 9.85. The number of ether oxygens (including phenoxy) is 3. The zero-order valence-corrected chi connectivity index (χ0v) is 16.0. The Labute approximate surface area is 158 Å². The molecule has 0 unspecified atom stereocenters. The van der Waals surface area contributed by atoms with Crippen LogP contribution in [0.5, 0.6) is 11.5 Å². The van der Waals surface area contributed by atoms with E-state index < -0.39 is 0 Å². The van der Waals surface area contributed by atoms with Crippen molar-refractivity contribution in [3.05, 3.63) is 23.8 Å². The summed E-state index contributed by atoms with van der Waals surface area (Å²) in [6.45, 7) is 3.06. The van der Waals surface area contributed by atoms with E-state index in [1.54, 1.807) is 18.2 Å². The zero-order valence-electron chi connectivity index (χ0n) is 15.2. The number of carbonyl (C=O) groups excluding carboxylic acids is 2. The molecular weight excluding hydrogens is 358 g/mol. The van der Waals surface area contributed by atoms with Crippen LogP contribution in [0.1, 0.15) is 36.5 Å². The molecule has 0 fully saturated rings. The zero-order chi connectivity index (χ0) is 19.4. The van der Waals surface area contributed by atoms with Crippen molar-refractivity contribution in [3.8, 4) is 11.5 Å². The highest BCUT2D eigenvalue weighted by atomic mass is 32.1. The van der Waals surface area contributed by atoms with Gasteiger partial charge in [0, 0.05) is 18.5 Å². The molecule has 0 aliphatic carbocycles. The third kappa shape index (κ3) is 7.56. The van der Waals surface area contributed by atoms with Crippen LogP contribution in [0.3, 0.4) is 0 Å². The maximum absolute atomic E-state index is 12.2. The number of hydrogen-bond donors (Lipinski definition) is 3. The number of carbonyl (C=O) groups is 2. The van der Waals surface area contributed by atoms with Gasteiger partial charge in [-0.2, -0.15) is 0 Å². The lowest BCUT2D eigenvalue weighted by molar-refractivity contribution is -0.140. The van der Waals surface area contributed by atoms with Gasteiger partial charge in [-0.15, -0.1) is 0 Å². The predicted octanol–water partition coefficient (Wildman–Crippen LogP) is 1.55. The fraction of sp³-hybridized carbons (Fsp3) is 0.471. The monoisotopic (exact) mass is 383 g/mol. The van der Waals surface area contributed by atoms with E-state index in [0.717, 1.165) is 6.42 Å². The average molecular weight is 383 g/mol. The first-order valence-electron chi connectivity index (χ1n) is 8.23. The van der Waals surface area contributed by atoms with Crippen LogP contribution in [0.15, 0.2) is 18.2 Å². The smallest absolute Gasteiger partial charge is 0.305 e. The summed E-state index contributed by atoms with van der Waals surface area (Å²) in [4.78, 5) is 23.2. The van der Waals surface area contributed by atoms with E-state index in [1.807, 2.05) is 6.92 Å². The second-order valence-electron chi connectivity index (χ2n) is 5.23. The second-order valence-corrected chi connectivity index (χ2v) is 5.64. The van der Waals surface area contributed by atoms with Gasteiger partial charge in [0.1, 0.15) is 0 Å². The summed E-state index contributed by atoms with van der Waals surface area (Å²) < 4.78 is 15.3. The van der Waals surface area contributed by atoms with Crippen molar-refractivity contribution in [1.29, 1.82) is 0 Å². The average Bonchev–Trinajstić information content (AvgIpc) is 2.67. The molecule has 8 nitrogen and oxygen atoms in total. The van der Waals surface area contributed by atoms with E-state index in [0.29, 0.717) is 43.1 Å². The molecule has 1 amide bonds. The van der Waals surface area contributed by atoms with Gasteiger partial charge in [-0.1, -0.05) is 6.92 Å². The van der Waals surface area contributed by atoms with Crippen LogP contribution in [0.25, 0.3) is 0 Å². The summed E-state index contributed by atoms with van der Waals surface area (Å²) in [5.74, 6) is 0.416. The number of thiocarbonyl (C=S) groups is 1. The van der Waals surface area contributed by atoms with Crippen LogP contribution >= 0.6 is 12.2 Å². The number of esters is 1. The Balaban J connectivity index is 2.44. The molecule has 0 radical (unpaired) electrons.